The molecule has 1 amide bonds. The Kier molecular flexibility index (Phi) is 7.86. The van der Waals surface area contributed by atoms with Gasteiger partial charge in [0.1, 0.15) is 5.75 Å². The maximum atomic E-state index is 12.4. The van der Waals surface area contributed by atoms with Crippen molar-refractivity contribution in [3.8, 4) is 28.5 Å². The Morgan fingerprint density at radius 2 is 1.77 bits per heavy atom. The van der Waals surface area contributed by atoms with Crippen LogP contribution in [0.15, 0.2) is 47.8 Å². The van der Waals surface area contributed by atoms with Crippen LogP contribution in [0.2, 0.25) is 0 Å². The van der Waals surface area contributed by atoms with Crippen LogP contribution in [0.1, 0.15) is 5.56 Å². The molecule has 8 heteroatoms. The molecule has 7 nitrogen and oxygen atoms in total. The van der Waals surface area contributed by atoms with Crippen molar-refractivity contribution >= 4 is 22.4 Å². The molecular weight excluding hydrogens is 414 g/mol. The first-order valence-corrected chi connectivity index (χ1v) is 10.7. The second-order valence-electron chi connectivity index (χ2n) is 6.99. The number of likely N-dealkylation sites (N-methyl/N-ethyl adjacent to an activating group) is 1. The average Bonchev–Trinajstić information content (AvgIpc) is 3.25. The number of nitrogens with one attached hydrogen (secondary N) is 1. The van der Waals surface area contributed by atoms with Crippen molar-refractivity contribution < 1.29 is 19.0 Å². The first-order valence-electron chi connectivity index (χ1n) is 9.81. The lowest BCUT2D eigenvalue weighted by atomic mass is 10.1. The largest absolute Gasteiger partial charge is 0.497 e. The fraction of sp³-hybridized carbons (Fsp3) is 0.304. The van der Waals surface area contributed by atoms with Gasteiger partial charge in [-0.3, -0.25) is 9.69 Å². The van der Waals surface area contributed by atoms with Gasteiger partial charge in [-0.1, -0.05) is 6.07 Å². The number of benzene rings is 2. The highest BCUT2D eigenvalue weighted by Gasteiger charge is 2.11. The summed E-state index contributed by atoms with van der Waals surface area (Å²) in [6.45, 7) is 1.02. The number of anilines is 1. The Morgan fingerprint density at radius 3 is 2.45 bits per heavy atom. The van der Waals surface area contributed by atoms with E-state index in [4.69, 9.17) is 14.2 Å². The monoisotopic (exact) mass is 441 g/mol. The second kappa shape index (κ2) is 10.8. The van der Waals surface area contributed by atoms with E-state index in [0.29, 0.717) is 16.6 Å². The number of carbonyl (C=O) groups is 1. The van der Waals surface area contributed by atoms with Crippen LogP contribution in [-0.4, -0.2) is 57.3 Å². The fourth-order valence-electron chi connectivity index (χ4n) is 3.06. The summed E-state index contributed by atoms with van der Waals surface area (Å²) in [5.74, 6) is 2.11. The van der Waals surface area contributed by atoms with Gasteiger partial charge in [0.05, 0.1) is 33.6 Å². The highest BCUT2D eigenvalue weighted by atomic mass is 32.1. The zero-order valence-electron chi connectivity index (χ0n) is 18.2. The first kappa shape index (κ1) is 22.6. The van der Waals surface area contributed by atoms with Crippen LogP contribution >= 0.6 is 11.3 Å². The van der Waals surface area contributed by atoms with Crippen LogP contribution in [0.3, 0.4) is 0 Å². The molecule has 0 atom stereocenters. The van der Waals surface area contributed by atoms with E-state index in [9.17, 15) is 4.79 Å². The van der Waals surface area contributed by atoms with Gasteiger partial charge in [0.2, 0.25) is 5.91 Å². The van der Waals surface area contributed by atoms with Crippen LogP contribution in [-0.2, 0) is 11.2 Å². The molecule has 0 aliphatic rings. The molecule has 0 unspecified atom stereocenters. The number of hydrogen-bond donors (Lipinski definition) is 1. The Hall–Kier alpha value is -3.10. The summed E-state index contributed by atoms with van der Waals surface area (Å²) in [5, 5.41) is 5.40. The summed E-state index contributed by atoms with van der Waals surface area (Å²) in [4.78, 5) is 18.9. The third kappa shape index (κ3) is 6.19. The minimum atomic E-state index is -0.0922. The molecule has 1 aromatic heterocycles. The highest BCUT2D eigenvalue weighted by Crippen LogP contribution is 2.28. The van der Waals surface area contributed by atoms with Gasteiger partial charge in [0, 0.05) is 17.5 Å². The Labute approximate surface area is 186 Å². The summed E-state index contributed by atoms with van der Waals surface area (Å²) < 4.78 is 15.8. The first-order chi connectivity index (χ1) is 15.0. The number of amides is 1. The summed E-state index contributed by atoms with van der Waals surface area (Å²) >= 11 is 1.41. The molecule has 2 aromatic carbocycles. The third-order valence-electron chi connectivity index (χ3n) is 4.78. The molecule has 1 N–H and O–H groups in total. The van der Waals surface area contributed by atoms with Crippen molar-refractivity contribution in [2.75, 3.05) is 46.8 Å². The predicted octanol–water partition coefficient (Wildman–Crippen LogP) is 3.95. The third-order valence-corrected chi connectivity index (χ3v) is 5.54. The normalized spacial score (nSPS) is 10.7. The second-order valence-corrected chi connectivity index (χ2v) is 7.85. The maximum Gasteiger partial charge on any atom is 0.240 e. The van der Waals surface area contributed by atoms with Crippen molar-refractivity contribution in [2.24, 2.45) is 0 Å². The molecule has 0 bridgehead atoms. The Morgan fingerprint density at radius 1 is 1.03 bits per heavy atom. The number of ether oxygens (including phenoxy) is 3. The van der Waals surface area contributed by atoms with Crippen molar-refractivity contribution in [3.63, 3.8) is 0 Å². The van der Waals surface area contributed by atoms with E-state index in [0.717, 1.165) is 35.5 Å². The molecule has 0 spiro atoms. The van der Waals surface area contributed by atoms with Gasteiger partial charge in [0.25, 0.3) is 0 Å². The van der Waals surface area contributed by atoms with Crippen molar-refractivity contribution in [2.45, 2.75) is 6.42 Å². The summed E-state index contributed by atoms with van der Waals surface area (Å²) in [5.41, 5.74) is 2.92. The molecule has 0 radical (unpaired) electrons. The van der Waals surface area contributed by atoms with Crippen LogP contribution in [0, 0.1) is 0 Å². The lowest BCUT2D eigenvalue weighted by molar-refractivity contribution is -0.117. The molecule has 31 heavy (non-hydrogen) atoms. The topological polar surface area (TPSA) is 72.9 Å². The zero-order valence-corrected chi connectivity index (χ0v) is 19.0. The molecule has 0 aliphatic carbocycles. The van der Waals surface area contributed by atoms with Gasteiger partial charge in [-0.15, -0.1) is 11.3 Å². The molecule has 0 fully saturated rings. The van der Waals surface area contributed by atoms with E-state index in [-0.39, 0.29) is 12.5 Å². The summed E-state index contributed by atoms with van der Waals surface area (Å²) in [6, 6.07) is 13.5. The minimum Gasteiger partial charge on any atom is -0.497 e. The molecule has 164 valence electrons. The van der Waals surface area contributed by atoms with Crippen LogP contribution in [0.5, 0.6) is 17.2 Å². The van der Waals surface area contributed by atoms with Crippen molar-refractivity contribution in [3.05, 3.63) is 53.4 Å². The smallest absolute Gasteiger partial charge is 0.240 e. The number of hydrogen-bond acceptors (Lipinski definition) is 7. The van der Waals surface area contributed by atoms with E-state index in [1.165, 1.54) is 11.3 Å². The molecule has 1 heterocycles. The Bertz CT molecular complexity index is 1000. The molecule has 3 rings (SSSR count). The van der Waals surface area contributed by atoms with Gasteiger partial charge in [0.15, 0.2) is 16.6 Å². The van der Waals surface area contributed by atoms with Crippen LogP contribution < -0.4 is 19.5 Å². The minimum absolute atomic E-state index is 0.0922. The lowest BCUT2D eigenvalue weighted by Gasteiger charge is -2.16. The maximum absolute atomic E-state index is 12.4. The van der Waals surface area contributed by atoms with Crippen LogP contribution in [0.4, 0.5) is 5.13 Å². The number of carbonyl (C=O) groups excluding carboxylic acids is 1. The van der Waals surface area contributed by atoms with E-state index in [1.54, 1.807) is 21.3 Å². The number of rotatable bonds is 10. The molecular formula is C23H27N3O4S. The zero-order chi connectivity index (χ0) is 22.2. The SMILES string of the molecule is COc1ccc(-c2csc(NC(=O)CN(C)CCc3ccc(OC)c(OC)c3)n2)cc1. The Balaban J connectivity index is 1.49. The van der Waals surface area contributed by atoms with Gasteiger partial charge in [-0.25, -0.2) is 4.98 Å². The molecule has 0 saturated heterocycles. The predicted molar refractivity (Wildman–Crippen MR) is 123 cm³/mol. The molecule has 0 aliphatic heterocycles. The number of nitrogens with zero attached hydrogens (tertiary/aromatic N) is 2. The quantitative estimate of drug-likeness (QED) is 0.514. The lowest BCUT2D eigenvalue weighted by Crippen LogP contribution is -2.31. The van der Waals surface area contributed by atoms with E-state index < -0.39 is 0 Å². The summed E-state index contributed by atoms with van der Waals surface area (Å²) in [6.07, 6.45) is 0.795. The molecule has 0 saturated carbocycles. The fourth-order valence-corrected chi connectivity index (χ4v) is 3.80. The number of thiazole rings is 1. The van der Waals surface area contributed by atoms with Gasteiger partial charge in [-0.05, 0) is 55.4 Å². The number of aromatic nitrogens is 1. The van der Waals surface area contributed by atoms with E-state index in [2.05, 4.69) is 10.3 Å². The van der Waals surface area contributed by atoms with E-state index in [1.807, 2.05) is 59.8 Å². The van der Waals surface area contributed by atoms with Gasteiger partial charge in [-0.2, -0.15) is 0 Å². The average molecular weight is 442 g/mol. The van der Waals surface area contributed by atoms with Gasteiger partial charge < -0.3 is 19.5 Å². The summed E-state index contributed by atoms with van der Waals surface area (Å²) in [7, 11) is 6.80. The highest BCUT2D eigenvalue weighted by molar-refractivity contribution is 7.14. The van der Waals surface area contributed by atoms with Crippen molar-refractivity contribution in [1.82, 2.24) is 9.88 Å². The van der Waals surface area contributed by atoms with E-state index >= 15 is 0 Å². The van der Waals surface area contributed by atoms with Crippen molar-refractivity contribution in [1.29, 1.82) is 0 Å². The number of methoxy groups -OCH3 is 3. The molecule has 3 aromatic rings. The van der Waals surface area contributed by atoms with Crippen LogP contribution in [0.25, 0.3) is 11.3 Å². The van der Waals surface area contributed by atoms with Gasteiger partial charge >= 0.3 is 0 Å². The standard InChI is InChI=1S/C23H27N3O4S/c1-26(12-11-16-5-10-20(29-3)21(13-16)30-4)14-22(27)25-23-24-19(15-31-23)17-6-8-18(28-2)9-7-17/h5-10,13,15H,11-12,14H2,1-4H3,(H,24,25,27).